The number of pyridine rings is 1. The van der Waals surface area contributed by atoms with Crippen molar-refractivity contribution >= 4 is 30.3 Å². The molecule has 0 saturated heterocycles. The summed E-state index contributed by atoms with van der Waals surface area (Å²) in [4.78, 5) is 68.0. The van der Waals surface area contributed by atoms with Crippen molar-refractivity contribution < 1.29 is 49.1 Å². The van der Waals surface area contributed by atoms with Crippen LogP contribution in [-0.4, -0.2) is 121 Å². The first kappa shape index (κ1) is 32.6. The van der Waals surface area contributed by atoms with Gasteiger partial charge in [0.1, 0.15) is 18.1 Å². The van der Waals surface area contributed by atoms with Crippen LogP contribution in [0.25, 0.3) is 0 Å². The van der Waals surface area contributed by atoms with E-state index in [1.165, 1.54) is 0 Å². The fourth-order valence-electron chi connectivity index (χ4n) is 4.90. The third-order valence-electron chi connectivity index (χ3n) is 6.89. The highest BCUT2D eigenvalue weighted by molar-refractivity contribution is 5.75. The van der Waals surface area contributed by atoms with Crippen molar-refractivity contribution in [2.45, 2.75) is 70.2 Å². The van der Waals surface area contributed by atoms with Gasteiger partial charge in [-0.2, -0.15) is 0 Å². The van der Waals surface area contributed by atoms with E-state index in [0.29, 0.717) is 24.2 Å². The first-order chi connectivity index (χ1) is 19.1. The average Bonchev–Trinajstić information content (AvgIpc) is 2.88. The molecular weight excluding hydrogens is 528 g/mol. The molecule has 14 heteroatoms. The minimum atomic E-state index is -1.23. The molecule has 0 radical (unpaired) electrons. The molecule has 1 aromatic heterocycles. The second kappa shape index (κ2) is 16.5. The Morgan fingerprint density at radius 3 is 1.75 bits per heavy atom. The molecule has 14 nitrogen and oxygen atoms in total. The Hall–Kier alpha value is -3.62. The molecule has 2 rings (SSSR count). The minimum absolute atomic E-state index is 0.0137. The van der Waals surface area contributed by atoms with Crippen molar-refractivity contribution in [3.8, 4) is 0 Å². The van der Waals surface area contributed by atoms with Crippen molar-refractivity contribution in [1.29, 1.82) is 0 Å². The second-order valence-electron chi connectivity index (χ2n) is 9.64. The van der Waals surface area contributed by atoms with Crippen LogP contribution < -0.4 is 0 Å². The van der Waals surface area contributed by atoms with E-state index in [2.05, 4.69) is 4.98 Å². The van der Waals surface area contributed by atoms with Gasteiger partial charge >= 0.3 is 23.9 Å². The van der Waals surface area contributed by atoms with E-state index in [1.54, 1.807) is 32.9 Å². The zero-order valence-corrected chi connectivity index (χ0v) is 22.6. The first-order valence-corrected chi connectivity index (χ1v) is 13.2. The molecule has 2 heterocycles. The summed E-state index contributed by atoms with van der Waals surface area (Å²) in [6.45, 7) is 2.64. The Balaban J connectivity index is 2.52. The van der Waals surface area contributed by atoms with E-state index in [0.717, 1.165) is 0 Å². The maximum atomic E-state index is 12.2. The van der Waals surface area contributed by atoms with E-state index < -0.39 is 42.0 Å². The molecular formula is C26H38N4O10. The van der Waals surface area contributed by atoms with Gasteiger partial charge < -0.3 is 25.2 Å². The number of hydrogen-bond acceptors (Lipinski definition) is 10. The lowest BCUT2D eigenvalue weighted by Gasteiger charge is -2.36. The summed E-state index contributed by atoms with van der Waals surface area (Å²) in [5.74, 6) is -4.54. The Labute approximate surface area is 232 Å². The van der Waals surface area contributed by atoms with Crippen LogP contribution in [0.2, 0.25) is 0 Å². The molecule has 40 heavy (non-hydrogen) atoms. The second-order valence-corrected chi connectivity index (χ2v) is 9.64. The summed E-state index contributed by atoms with van der Waals surface area (Å²) < 4.78 is 4.72. The van der Waals surface area contributed by atoms with Gasteiger partial charge in [-0.3, -0.25) is 43.7 Å². The van der Waals surface area contributed by atoms with Gasteiger partial charge in [0, 0.05) is 52.1 Å². The van der Waals surface area contributed by atoms with Crippen LogP contribution in [-0.2, 0) is 41.8 Å². The molecule has 0 aliphatic carbocycles. The number of aliphatic carboxylic acids is 4. The van der Waals surface area contributed by atoms with Crippen LogP contribution in [0.4, 0.5) is 0 Å². The molecule has 2 bridgehead atoms. The number of carboxylic acids is 4. The van der Waals surface area contributed by atoms with Crippen molar-refractivity contribution in [3.05, 3.63) is 29.6 Å². The zero-order valence-electron chi connectivity index (χ0n) is 22.6. The molecule has 0 amide bonds. The van der Waals surface area contributed by atoms with E-state index >= 15 is 0 Å². The van der Waals surface area contributed by atoms with Gasteiger partial charge in [0.2, 0.25) is 0 Å². The molecule has 0 fully saturated rings. The molecule has 1 aliphatic heterocycles. The Kier molecular flexibility index (Phi) is 13.4. The van der Waals surface area contributed by atoms with Crippen molar-refractivity contribution in [1.82, 2.24) is 19.7 Å². The summed E-state index contributed by atoms with van der Waals surface area (Å²) >= 11 is 0. The maximum Gasteiger partial charge on any atom is 0.321 e. The predicted octanol–water partition coefficient (Wildman–Crippen LogP) is 0.589. The Morgan fingerprint density at radius 2 is 1.30 bits per heavy atom. The summed E-state index contributed by atoms with van der Waals surface area (Å²) in [6.07, 6.45) is 0.399. The molecule has 0 spiro atoms. The molecule has 4 N–H and O–H groups in total. The maximum absolute atomic E-state index is 12.2. The molecule has 222 valence electrons. The highest BCUT2D eigenvalue weighted by Crippen LogP contribution is 2.18. The minimum Gasteiger partial charge on any atom is -0.481 e. The van der Waals surface area contributed by atoms with Crippen LogP contribution in [0.1, 0.15) is 50.4 Å². The van der Waals surface area contributed by atoms with Crippen LogP contribution >= 0.6 is 0 Å². The quantitative estimate of drug-likeness (QED) is 0.170. The molecule has 0 saturated carbocycles. The van der Waals surface area contributed by atoms with Crippen LogP contribution in [0.3, 0.4) is 0 Å². The van der Waals surface area contributed by atoms with Gasteiger partial charge in [-0.05, 0) is 25.0 Å². The molecule has 1 aliphatic rings. The number of fused-ring (bicyclic) bond motifs is 2. The lowest BCUT2D eigenvalue weighted by Crippen LogP contribution is -2.52. The lowest BCUT2D eigenvalue weighted by molar-refractivity contribution is -0.148. The van der Waals surface area contributed by atoms with Gasteiger partial charge in [0.15, 0.2) is 0 Å². The standard InChI is InChI=1S/C26H38N4O10/c1-2-4-20(24(34)35)29-12-10-28(21(25(36)37)7-8-23(32)33)11-13-30(22(26(38)39)9-14-40-17-31)16-19-6-3-5-18(15-29)27-19/h3,5-6,17,20-22H,2,4,7-16H2,1H3,(H,32,33)(H,34,35)(H,36,37)(H,38,39). The zero-order chi connectivity index (χ0) is 29.7. The summed E-state index contributed by atoms with van der Waals surface area (Å²) in [5.41, 5.74) is 1.11. The summed E-state index contributed by atoms with van der Waals surface area (Å²) in [5, 5.41) is 39.0. The van der Waals surface area contributed by atoms with Gasteiger partial charge in [-0.1, -0.05) is 19.4 Å². The number of carbonyl (C=O) groups excluding carboxylic acids is 1. The topological polar surface area (TPSA) is 198 Å². The van der Waals surface area contributed by atoms with Crippen molar-refractivity contribution in [2.24, 2.45) is 0 Å². The van der Waals surface area contributed by atoms with E-state index in [4.69, 9.17) is 4.74 Å². The molecule has 0 aromatic carbocycles. The van der Waals surface area contributed by atoms with E-state index in [1.807, 2.05) is 6.92 Å². The average molecular weight is 567 g/mol. The lowest BCUT2D eigenvalue weighted by atomic mass is 10.1. The fraction of sp³-hybridized carbons (Fsp3) is 0.615. The smallest absolute Gasteiger partial charge is 0.321 e. The molecule has 1 aromatic rings. The van der Waals surface area contributed by atoms with Crippen LogP contribution in [0, 0.1) is 0 Å². The number of ether oxygens (including phenoxy) is 1. The van der Waals surface area contributed by atoms with Crippen molar-refractivity contribution in [3.63, 3.8) is 0 Å². The number of nitrogens with zero attached hydrogens (tertiary/aromatic N) is 4. The number of carboxylic acid groups (broad SMARTS) is 4. The number of hydrogen-bond donors (Lipinski definition) is 4. The highest BCUT2D eigenvalue weighted by atomic mass is 16.5. The Bertz CT molecular complexity index is 1020. The largest absolute Gasteiger partial charge is 0.481 e. The normalized spacial score (nSPS) is 17.9. The van der Waals surface area contributed by atoms with Gasteiger partial charge in [0.05, 0.1) is 18.0 Å². The van der Waals surface area contributed by atoms with E-state index in [9.17, 15) is 44.4 Å². The number of aromatic nitrogens is 1. The number of rotatable bonds is 15. The Morgan fingerprint density at radius 1 is 0.825 bits per heavy atom. The molecule has 3 atom stereocenters. The summed E-state index contributed by atoms with van der Waals surface area (Å²) in [6, 6.07) is 2.13. The SMILES string of the molecule is CCCC(C(=O)O)N1CCN(C(CCC(=O)O)C(=O)O)CCN(C(CCOC=O)C(=O)O)Cc2cccc(n2)C1. The first-order valence-electron chi connectivity index (χ1n) is 13.2. The summed E-state index contributed by atoms with van der Waals surface area (Å²) in [7, 11) is 0. The third kappa shape index (κ3) is 10.2. The highest BCUT2D eigenvalue weighted by Gasteiger charge is 2.32. The van der Waals surface area contributed by atoms with Crippen molar-refractivity contribution in [2.75, 3.05) is 32.8 Å². The van der Waals surface area contributed by atoms with Crippen LogP contribution in [0.15, 0.2) is 18.2 Å². The number of carbonyl (C=O) groups is 5. The monoisotopic (exact) mass is 566 g/mol. The fourth-order valence-corrected chi connectivity index (χ4v) is 4.90. The van der Waals surface area contributed by atoms with Gasteiger partial charge in [0.25, 0.3) is 6.47 Å². The predicted molar refractivity (Wildman–Crippen MR) is 139 cm³/mol. The van der Waals surface area contributed by atoms with Gasteiger partial charge in [-0.15, -0.1) is 0 Å². The molecule has 3 unspecified atom stereocenters. The van der Waals surface area contributed by atoms with E-state index in [-0.39, 0.29) is 71.6 Å². The van der Waals surface area contributed by atoms with Crippen LogP contribution in [0.5, 0.6) is 0 Å². The third-order valence-corrected chi connectivity index (χ3v) is 6.89. The van der Waals surface area contributed by atoms with Gasteiger partial charge in [-0.25, -0.2) is 0 Å².